The summed E-state index contributed by atoms with van der Waals surface area (Å²) in [5.41, 5.74) is 2.88. The highest BCUT2D eigenvalue weighted by molar-refractivity contribution is 6.30. The molecule has 2 atom stereocenters. The molecule has 1 aromatic heterocycles. The summed E-state index contributed by atoms with van der Waals surface area (Å²) in [7, 11) is 0. The van der Waals surface area contributed by atoms with Crippen LogP contribution in [0.3, 0.4) is 0 Å². The Morgan fingerprint density at radius 2 is 1.71 bits per heavy atom. The lowest BCUT2D eigenvalue weighted by atomic mass is 9.81. The highest BCUT2D eigenvalue weighted by atomic mass is 35.5. The lowest BCUT2D eigenvalue weighted by Crippen LogP contribution is -2.50. The molecule has 5 rings (SSSR count). The van der Waals surface area contributed by atoms with Crippen molar-refractivity contribution < 1.29 is 4.79 Å². The van der Waals surface area contributed by atoms with Gasteiger partial charge in [0.15, 0.2) is 0 Å². The van der Waals surface area contributed by atoms with Crippen LogP contribution < -0.4 is 5.56 Å². The van der Waals surface area contributed by atoms with E-state index >= 15 is 0 Å². The number of piperidine rings is 1. The van der Waals surface area contributed by atoms with Crippen molar-refractivity contribution in [3.63, 3.8) is 0 Å². The summed E-state index contributed by atoms with van der Waals surface area (Å²) < 4.78 is 1.96. The molecule has 1 aliphatic carbocycles. The number of likely N-dealkylation sites (tertiary alicyclic amines) is 1. The van der Waals surface area contributed by atoms with Crippen molar-refractivity contribution in [3.05, 3.63) is 68.6 Å². The summed E-state index contributed by atoms with van der Waals surface area (Å²) in [6, 6.07) is 11.6. The quantitative estimate of drug-likeness (QED) is 0.663. The van der Waals surface area contributed by atoms with Crippen LogP contribution in [-0.2, 0) is 11.3 Å². The molecule has 4 nitrogen and oxygen atoms in total. The van der Waals surface area contributed by atoms with E-state index in [2.05, 4.69) is 11.0 Å². The number of amides is 1. The summed E-state index contributed by atoms with van der Waals surface area (Å²) in [6.45, 7) is 2.26. The van der Waals surface area contributed by atoms with Gasteiger partial charge in [-0.3, -0.25) is 9.59 Å². The Balaban J connectivity index is 1.36. The zero-order valence-corrected chi connectivity index (χ0v) is 18.6. The van der Waals surface area contributed by atoms with Crippen LogP contribution >= 0.6 is 11.6 Å². The maximum absolute atomic E-state index is 13.2. The molecule has 2 unspecified atom stereocenters. The third kappa shape index (κ3) is 4.23. The van der Waals surface area contributed by atoms with Gasteiger partial charge in [-0.05, 0) is 61.1 Å². The molecular formula is C26H29ClN2O2. The van der Waals surface area contributed by atoms with E-state index in [0.29, 0.717) is 29.0 Å². The molecule has 2 bridgehead atoms. The third-order valence-electron chi connectivity index (χ3n) is 7.23. The Bertz CT molecular complexity index is 1050. The number of benzene rings is 1. The number of nitrogens with zero attached hydrogens (tertiary/aromatic N) is 2. The first-order valence-electron chi connectivity index (χ1n) is 11.5. The summed E-state index contributed by atoms with van der Waals surface area (Å²) >= 11 is 5.95. The van der Waals surface area contributed by atoms with Crippen LogP contribution in [0, 0.1) is 11.8 Å². The minimum atomic E-state index is 0.0736. The molecule has 1 aromatic carbocycles. The van der Waals surface area contributed by atoms with Gasteiger partial charge in [-0.15, -0.1) is 0 Å². The van der Waals surface area contributed by atoms with Crippen LogP contribution in [0.4, 0.5) is 0 Å². The van der Waals surface area contributed by atoms with Gasteiger partial charge >= 0.3 is 0 Å². The van der Waals surface area contributed by atoms with E-state index in [1.54, 1.807) is 0 Å². The largest absolute Gasteiger partial charge is 0.341 e. The van der Waals surface area contributed by atoms with E-state index in [0.717, 1.165) is 43.6 Å². The molecule has 0 N–H and O–H groups in total. The highest BCUT2D eigenvalue weighted by Crippen LogP contribution is 2.37. The van der Waals surface area contributed by atoms with Crippen molar-refractivity contribution in [2.45, 2.75) is 51.0 Å². The first-order valence-corrected chi connectivity index (χ1v) is 11.9. The summed E-state index contributed by atoms with van der Waals surface area (Å²) in [5.74, 6) is 1.21. The van der Waals surface area contributed by atoms with Crippen LogP contribution in [-0.4, -0.2) is 28.5 Å². The summed E-state index contributed by atoms with van der Waals surface area (Å²) in [4.78, 5) is 28.4. The molecule has 1 saturated carbocycles. The van der Waals surface area contributed by atoms with Gasteiger partial charge in [-0.2, -0.15) is 0 Å². The lowest BCUT2D eigenvalue weighted by molar-refractivity contribution is -0.139. The Kier molecular flexibility index (Phi) is 5.75. The van der Waals surface area contributed by atoms with Gasteiger partial charge in [0.25, 0.3) is 5.56 Å². The molecule has 31 heavy (non-hydrogen) atoms. The SMILES string of the molecule is O=C(C1CCCCC1)N1CC2CC(C1)c1ccc(C=Cc3ccc(Cl)cc3)c(=O)n1C2. The molecule has 3 heterocycles. The number of rotatable bonds is 3. The van der Waals surface area contributed by atoms with E-state index in [1.165, 1.54) is 19.3 Å². The van der Waals surface area contributed by atoms with Gasteiger partial charge in [-0.25, -0.2) is 0 Å². The topological polar surface area (TPSA) is 42.3 Å². The molecule has 5 heteroatoms. The average Bonchev–Trinajstić information content (AvgIpc) is 2.80. The van der Waals surface area contributed by atoms with Crippen molar-refractivity contribution in [2.24, 2.45) is 11.8 Å². The van der Waals surface area contributed by atoms with Crippen molar-refractivity contribution in [1.29, 1.82) is 0 Å². The Morgan fingerprint density at radius 1 is 0.935 bits per heavy atom. The van der Waals surface area contributed by atoms with Crippen molar-refractivity contribution in [3.8, 4) is 0 Å². The maximum atomic E-state index is 13.2. The van der Waals surface area contributed by atoms with Crippen LogP contribution in [0.1, 0.15) is 61.3 Å². The number of aromatic nitrogens is 1. The molecule has 2 fully saturated rings. The number of pyridine rings is 1. The molecule has 162 valence electrons. The predicted molar refractivity (Wildman–Crippen MR) is 125 cm³/mol. The highest BCUT2D eigenvalue weighted by Gasteiger charge is 2.38. The Labute approximate surface area is 188 Å². The van der Waals surface area contributed by atoms with Gasteiger partial charge in [0.1, 0.15) is 0 Å². The minimum absolute atomic E-state index is 0.0736. The number of hydrogen-bond donors (Lipinski definition) is 0. The van der Waals surface area contributed by atoms with Crippen molar-refractivity contribution in [2.75, 3.05) is 13.1 Å². The van der Waals surface area contributed by atoms with E-state index in [1.807, 2.05) is 47.1 Å². The second-order valence-electron chi connectivity index (χ2n) is 9.39. The fourth-order valence-corrected chi connectivity index (χ4v) is 5.76. The van der Waals surface area contributed by atoms with Gasteiger partial charge in [0.2, 0.25) is 5.91 Å². The molecule has 3 aliphatic rings. The number of halogens is 1. The second-order valence-corrected chi connectivity index (χ2v) is 9.83. The molecule has 1 saturated heterocycles. The zero-order valence-electron chi connectivity index (χ0n) is 17.8. The van der Waals surface area contributed by atoms with Gasteiger partial charge in [-0.1, -0.05) is 49.1 Å². The third-order valence-corrected chi connectivity index (χ3v) is 7.48. The molecule has 0 radical (unpaired) electrons. The Morgan fingerprint density at radius 3 is 2.48 bits per heavy atom. The fourth-order valence-electron chi connectivity index (χ4n) is 5.64. The summed E-state index contributed by atoms with van der Waals surface area (Å²) in [5, 5.41) is 0.702. The molecule has 0 spiro atoms. The fraction of sp³-hybridized carbons (Fsp3) is 0.462. The first-order chi connectivity index (χ1) is 15.1. The first kappa shape index (κ1) is 20.6. The van der Waals surface area contributed by atoms with E-state index in [-0.39, 0.29) is 17.4 Å². The smallest absolute Gasteiger partial charge is 0.258 e. The Hall–Kier alpha value is -2.33. The normalized spacial score (nSPS) is 23.7. The monoisotopic (exact) mass is 436 g/mol. The molecule has 2 aromatic rings. The van der Waals surface area contributed by atoms with Crippen LogP contribution in [0.15, 0.2) is 41.2 Å². The molecule has 1 amide bonds. The van der Waals surface area contributed by atoms with Gasteiger partial charge < -0.3 is 9.47 Å². The number of hydrogen-bond acceptors (Lipinski definition) is 2. The number of fused-ring (bicyclic) bond motifs is 4. The van der Waals surface area contributed by atoms with Crippen molar-refractivity contribution in [1.82, 2.24) is 9.47 Å². The summed E-state index contributed by atoms with van der Waals surface area (Å²) in [6.07, 6.45) is 10.6. The van der Waals surface area contributed by atoms with Crippen LogP contribution in [0.2, 0.25) is 5.02 Å². The van der Waals surface area contributed by atoms with Crippen LogP contribution in [0.5, 0.6) is 0 Å². The second kappa shape index (κ2) is 8.66. The minimum Gasteiger partial charge on any atom is -0.341 e. The average molecular weight is 437 g/mol. The zero-order chi connectivity index (χ0) is 21.4. The molecular weight excluding hydrogens is 408 g/mol. The van der Waals surface area contributed by atoms with Gasteiger partial charge in [0.05, 0.1) is 0 Å². The van der Waals surface area contributed by atoms with E-state index in [9.17, 15) is 9.59 Å². The number of carbonyl (C=O) groups excluding carboxylic acids is 1. The van der Waals surface area contributed by atoms with Gasteiger partial charge in [0, 0.05) is 47.8 Å². The van der Waals surface area contributed by atoms with E-state index < -0.39 is 0 Å². The van der Waals surface area contributed by atoms with Crippen LogP contribution in [0.25, 0.3) is 12.2 Å². The maximum Gasteiger partial charge on any atom is 0.258 e. The number of carbonyl (C=O) groups is 1. The predicted octanol–water partition coefficient (Wildman–Crippen LogP) is 5.20. The lowest BCUT2D eigenvalue weighted by Gasteiger charge is -2.44. The molecule has 2 aliphatic heterocycles. The standard InChI is InChI=1S/C26H29ClN2O2/c27-23-11-7-18(8-12-23)6-9-21-10-13-24-22-14-19(16-29(24)26(21)31)15-28(17-22)25(30)20-4-2-1-3-5-20/h6-13,19-20,22H,1-5,14-17H2. The van der Waals surface area contributed by atoms with E-state index in [4.69, 9.17) is 11.6 Å². The van der Waals surface area contributed by atoms with Crippen molar-refractivity contribution >= 4 is 29.7 Å².